The lowest BCUT2D eigenvalue weighted by Crippen LogP contribution is -2.19. The molecule has 0 aliphatic carbocycles. The molecule has 2 aromatic rings. The van der Waals surface area contributed by atoms with Crippen molar-refractivity contribution in [1.82, 2.24) is 14.8 Å². The Hall–Kier alpha value is -2.44. The first-order valence-electron chi connectivity index (χ1n) is 4.82. The summed E-state index contributed by atoms with van der Waals surface area (Å²) >= 11 is 0. The minimum absolute atomic E-state index is 0.0106. The summed E-state index contributed by atoms with van der Waals surface area (Å²) in [4.78, 5) is 15.3. The summed E-state index contributed by atoms with van der Waals surface area (Å²) in [5.74, 6) is -0.805. The number of nitrogens with zero attached hydrogens (tertiary/aromatic N) is 3. The predicted molar refractivity (Wildman–Crippen MR) is 59.5 cm³/mol. The fourth-order valence-corrected chi connectivity index (χ4v) is 1.28. The lowest BCUT2D eigenvalue weighted by molar-refractivity contribution is -0.116. The van der Waals surface area contributed by atoms with Gasteiger partial charge in [0.2, 0.25) is 5.91 Å². The van der Waals surface area contributed by atoms with Gasteiger partial charge in [-0.3, -0.25) is 4.79 Å². The molecule has 0 fully saturated rings. The second-order valence-electron chi connectivity index (χ2n) is 3.38. The van der Waals surface area contributed by atoms with Crippen molar-refractivity contribution in [2.45, 2.75) is 6.54 Å². The number of rotatable bonds is 3. The SMILES string of the molecule is Nc1cc(NC(=O)Cn2cncn2)ccc1F. The number of halogens is 1. The fourth-order valence-electron chi connectivity index (χ4n) is 1.28. The smallest absolute Gasteiger partial charge is 0.246 e. The van der Waals surface area contributed by atoms with Crippen LogP contribution in [0.1, 0.15) is 0 Å². The standard InChI is InChI=1S/C10H10FN5O/c11-8-2-1-7(3-9(8)12)15-10(17)4-16-6-13-5-14-16/h1-3,5-6H,4,12H2,(H,15,17). The highest BCUT2D eigenvalue weighted by molar-refractivity contribution is 5.90. The van der Waals surface area contributed by atoms with Crippen LogP contribution in [0, 0.1) is 5.82 Å². The Labute approximate surface area is 96.3 Å². The van der Waals surface area contributed by atoms with Crippen molar-refractivity contribution < 1.29 is 9.18 Å². The van der Waals surface area contributed by atoms with E-state index in [-0.39, 0.29) is 18.1 Å². The van der Waals surface area contributed by atoms with Gasteiger partial charge in [0, 0.05) is 5.69 Å². The van der Waals surface area contributed by atoms with E-state index in [1.165, 1.54) is 35.5 Å². The first kappa shape index (κ1) is 11.1. The average Bonchev–Trinajstić information content (AvgIpc) is 2.76. The maximum atomic E-state index is 12.9. The van der Waals surface area contributed by atoms with Crippen LogP contribution in [0.4, 0.5) is 15.8 Å². The van der Waals surface area contributed by atoms with E-state index in [0.717, 1.165) is 0 Å². The lowest BCUT2D eigenvalue weighted by atomic mass is 10.2. The van der Waals surface area contributed by atoms with Crippen LogP contribution < -0.4 is 11.1 Å². The molecule has 0 aliphatic heterocycles. The molecule has 17 heavy (non-hydrogen) atoms. The van der Waals surface area contributed by atoms with E-state index in [1.807, 2.05) is 0 Å². The van der Waals surface area contributed by atoms with E-state index < -0.39 is 5.82 Å². The number of amides is 1. The predicted octanol–water partition coefficient (Wildman–Crippen LogP) is 0.638. The summed E-state index contributed by atoms with van der Waals surface area (Å²) in [6, 6.07) is 3.99. The molecule has 1 aromatic carbocycles. The van der Waals surface area contributed by atoms with Crippen molar-refractivity contribution in [2.75, 3.05) is 11.1 Å². The minimum atomic E-state index is -0.515. The number of nitrogens with two attached hydrogens (primary N) is 1. The zero-order valence-electron chi connectivity index (χ0n) is 8.80. The molecule has 0 radical (unpaired) electrons. The summed E-state index contributed by atoms with van der Waals surface area (Å²) in [6.45, 7) is 0.0390. The Morgan fingerprint density at radius 1 is 1.53 bits per heavy atom. The van der Waals surface area contributed by atoms with Crippen LogP contribution in [0.15, 0.2) is 30.9 Å². The monoisotopic (exact) mass is 235 g/mol. The van der Waals surface area contributed by atoms with Crippen molar-refractivity contribution in [3.8, 4) is 0 Å². The van der Waals surface area contributed by atoms with Gasteiger partial charge >= 0.3 is 0 Å². The van der Waals surface area contributed by atoms with Crippen molar-refractivity contribution in [3.05, 3.63) is 36.7 Å². The molecule has 3 N–H and O–H groups in total. The molecule has 6 nitrogen and oxygen atoms in total. The van der Waals surface area contributed by atoms with Crippen LogP contribution in [-0.2, 0) is 11.3 Å². The van der Waals surface area contributed by atoms with Crippen LogP contribution >= 0.6 is 0 Å². The lowest BCUT2D eigenvalue weighted by Gasteiger charge is -2.06. The minimum Gasteiger partial charge on any atom is -0.396 e. The van der Waals surface area contributed by atoms with Gasteiger partial charge in [0.25, 0.3) is 0 Å². The van der Waals surface area contributed by atoms with Crippen LogP contribution in [0.3, 0.4) is 0 Å². The van der Waals surface area contributed by atoms with E-state index in [9.17, 15) is 9.18 Å². The highest BCUT2D eigenvalue weighted by Gasteiger charge is 2.05. The largest absolute Gasteiger partial charge is 0.396 e. The quantitative estimate of drug-likeness (QED) is 0.764. The number of benzene rings is 1. The van der Waals surface area contributed by atoms with Gasteiger partial charge in [0.1, 0.15) is 25.0 Å². The number of anilines is 2. The van der Waals surface area contributed by atoms with E-state index in [0.29, 0.717) is 5.69 Å². The Kier molecular flexibility index (Phi) is 2.99. The molecule has 0 saturated heterocycles. The summed E-state index contributed by atoms with van der Waals surface area (Å²) < 4.78 is 14.3. The van der Waals surface area contributed by atoms with E-state index in [1.54, 1.807) is 0 Å². The molecule has 0 atom stereocenters. The summed E-state index contributed by atoms with van der Waals surface area (Å²) in [5.41, 5.74) is 5.81. The molecular weight excluding hydrogens is 225 g/mol. The molecule has 0 aliphatic rings. The number of nitrogens with one attached hydrogen (secondary N) is 1. The topological polar surface area (TPSA) is 85.8 Å². The number of nitrogen functional groups attached to an aromatic ring is 1. The van der Waals surface area contributed by atoms with Gasteiger partial charge in [0.05, 0.1) is 5.69 Å². The number of hydrogen-bond acceptors (Lipinski definition) is 4. The van der Waals surface area contributed by atoms with Gasteiger partial charge in [-0.1, -0.05) is 0 Å². The van der Waals surface area contributed by atoms with Crippen LogP contribution in [-0.4, -0.2) is 20.7 Å². The summed E-state index contributed by atoms with van der Waals surface area (Å²) in [5, 5.41) is 6.36. The van der Waals surface area contributed by atoms with E-state index in [4.69, 9.17) is 5.73 Å². The van der Waals surface area contributed by atoms with Crippen molar-refractivity contribution >= 4 is 17.3 Å². The average molecular weight is 235 g/mol. The first-order chi connectivity index (χ1) is 8.15. The molecule has 2 rings (SSSR count). The molecule has 0 unspecified atom stereocenters. The highest BCUT2D eigenvalue weighted by Crippen LogP contribution is 2.16. The van der Waals surface area contributed by atoms with Crippen molar-refractivity contribution in [3.63, 3.8) is 0 Å². The third kappa shape index (κ3) is 2.77. The maximum absolute atomic E-state index is 12.9. The normalized spacial score (nSPS) is 10.2. The van der Waals surface area contributed by atoms with Gasteiger partial charge in [-0.2, -0.15) is 5.10 Å². The molecule has 0 spiro atoms. The van der Waals surface area contributed by atoms with E-state index in [2.05, 4.69) is 15.4 Å². The zero-order valence-corrected chi connectivity index (χ0v) is 8.80. The molecule has 1 aromatic heterocycles. The van der Waals surface area contributed by atoms with Gasteiger partial charge in [-0.25, -0.2) is 14.1 Å². The molecule has 0 bridgehead atoms. The Bertz CT molecular complexity index is 525. The maximum Gasteiger partial charge on any atom is 0.246 e. The number of hydrogen-bond donors (Lipinski definition) is 2. The molecule has 1 amide bonds. The zero-order chi connectivity index (χ0) is 12.3. The molecule has 7 heteroatoms. The first-order valence-corrected chi connectivity index (χ1v) is 4.82. The van der Waals surface area contributed by atoms with Gasteiger partial charge in [-0.15, -0.1) is 0 Å². The van der Waals surface area contributed by atoms with Gasteiger partial charge in [0.15, 0.2) is 0 Å². The molecular formula is C10H10FN5O. The van der Waals surface area contributed by atoms with E-state index >= 15 is 0 Å². The number of carbonyl (C=O) groups is 1. The Morgan fingerprint density at radius 2 is 2.35 bits per heavy atom. The van der Waals surface area contributed by atoms with Gasteiger partial charge < -0.3 is 11.1 Å². The van der Waals surface area contributed by atoms with Crippen LogP contribution in [0.25, 0.3) is 0 Å². The van der Waals surface area contributed by atoms with Crippen LogP contribution in [0.5, 0.6) is 0 Å². The third-order valence-electron chi connectivity index (χ3n) is 2.05. The number of aromatic nitrogens is 3. The highest BCUT2D eigenvalue weighted by atomic mass is 19.1. The second kappa shape index (κ2) is 4.60. The van der Waals surface area contributed by atoms with Gasteiger partial charge in [-0.05, 0) is 18.2 Å². The Morgan fingerprint density at radius 3 is 3.00 bits per heavy atom. The molecule has 88 valence electrons. The molecule has 0 saturated carbocycles. The Balaban J connectivity index is 2.00. The molecule has 1 heterocycles. The summed E-state index contributed by atoms with van der Waals surface area (Å²) in [6.07, 6.45) is 2.77. The second-order valence-corrected chi connectivity index (χ2v) is 3.38. The van der Waals surface area contributed by atoms with Crippen LogP contribution in [0.2, 0.25) is 0 Å². The summed E-state index contributed by atoms with van der Waals surface area (Å²) in [7, 11) is 0. The number of carbonyl (C=O) groups excluding carboxylic acids is 1. The fraction of sp³-hybridized carbons (Fsp3) is 0.100. The third-order valence-corrected chi connectivity index (χ3v) is 2.05. The van der Waals surface area contributed by atoms with Crippen molar-refractivity contribution in [2.24, 2.45) is 0 Å². The van der Waals surface area contributed by atoms with Crippen molar-refractivity contribution in [1.29, 1.82) is 0 Å².